The molecule has 1 aromatic carbocycles. The van der Waals surface area contributed by atoms with Crippen LogP contribution in [0.2, 0.25) is 0 Å². The van der Waals surface area contributed by atoms with Gasteiger partial charge in [-0.25, -0.2) is 9.97 Å². The summed E-state index contributed by atoms with van der Waals surface area (Å²) in [6.07, 6.45) is 7.64. The Labute approximate surface area is 173 Å². The summed E-state index contributed by atoms with van der Waals surface area (Å²) in [6, 6.07) is 12.7. The maximum atomic E-state index is 12.5. The molecule has 0 saturated carbocycles. The number of rotatable bonds is 5. The van der Waals surface area contributed by atoms with Crippen LogP contribution in [0.5, 0.6) is 11.6 Å². The van der Waals surface area contributed by atoms with Crippen LogP contribution in [-0.4, -0.2) is 24.1 Å². The van der Waals surface area contributed by atoms with Crippen molar-refractivity contribution in [3.8, 4) is 23.5 Å². The molecule has 0 radical (unpaired) electrons. The number of benzene rings is 1. The number of hydrogen-bond acceptors (Lipinski definition) is 6. The summed E-state index contributed by atoms with van der Waals surface area (Å²) in [6.45, 7) is 0.409. The van der Waals surface area contributed by atoms with Gasteiger partial charge in [-0.15, -0.1) is 0 Å². The van der Waals surface area contributed by atoms with Gasteiger partial charge in [0, 0.05) is 16.7 Å². The van der Waals surface area contributed by atoms with E-state index in [1.165, 1.54) is 23.0 Å². The standard InChI is InChI=1S/C20H13BrN6O2/c21-15-1-3-17(4-2-15)29-20-11-24-13-26(20)12-14-5-6-27(19(28)7-14)18-10-23-9-16(8-22)25-18/h1-7,9-11,13H,12H2. The Bertz CT molecular complexity index is 1260. The van der Waals surface area contributed by atoms with Crippen molar-refractivity contribution < 1.29 is 4.74 Å². The highest BCUT2D eigenvalue weighted by Gasteiger charge is 2.08. The zero-order valence-electron chi connectivity index (χ0n) is 14.9. The van der Waals surface area contributed by atoms with Crippen LogP contribution in [0, 0.1) is 11.3 Å². The maximum absolute atomic E-state index is 12.5. The number of ether oxygens (including phenoxy) is 1. The van der Waals surface area contributed by atoms with Gasteiger partial charge in [-0.2, -0.15) is 5.26 Å². The van der Waals surface area contributed by atoms with Gasteiger partial charge in [0.05, 0.1) is 31.5 Å². The first-order valence-corrected chi connectivity index (χ1v) is 9.29. The second kappa shape index (κ2) is 8.08. The Kier molecular flexibility index (Phi) is 5.18. The Morgan fingerprint density at radius 3 is 2.69 bits per heavy atom. The average molecular weight is 449 g/mol. The van der Waals surface area contributed by atoms with Crippen molar-refractivity contribution in [1.82, 2.24) is 24.1 Å². The third kappa shape index (κ3) is 4.23. The molecule has 4 aromatic rings. The Morgan fingerprint density at radius 1 is 1.10 bits per heavy atom. The van der Waals surface area contributed by atoms with Crippen molar-refractivity contribution in [2.24, 2.45) is 0 Å². The Morgan fingerprint density at radius 2 is 1.93 bits per heavy atom. The molecule has 3 heterocycles. The highest BCUT2D eigenvalue weighted by molar-refractivity contribution is 9.10. The maximum Gasteiger partial charge on any atom is 0.256 e. The van der Waals surface area contributed by atoms with Gasteiger partial charge in [-0.1, -0.05) is 15.9 Å². The Hall–Kier alpha value is -3.77. The van der Waals surface area contributed by atoms with Gasteiger partial charge < -0.3 is 4.74 Å². The van der Waals surface area contributed by atoms with E-state index in [4.69, 9.17) is 10.00 Å². The summed E-state index contributed by atoms with van der Waals surface area (Å²) in [5.41, 5.74) is 0.642. The summed E-state index contributed by atoms with van der Waals surface area (Å²) in [7, 11) is 0. The van der Waals surface area contributed by atoms with Gasteiger partial charge in [0.1, 0.15) is 11.8 Å². The molecule has 29 heavy (non-hydrogen) atoms. The first kappa shape index (κ1) is 18.6. The number of nitrogens with zero attached hydrogens (tertiary/aromatic N) is 6. The zero-order valence-corrected chi connectivity index (χ0v) is 16.5. The molecule has 0 amide bonds. The van der Waals surface area contributed by atoms with Gasteiger partial charge in [0.15, 0.2) is 11.5 Å². The lowest BCUT2D eigenvalue weighted by Gasteiger charge is -2.10. The highest BCUT2D eigenvalue weighted by atomic mass is 79.9. The van der Waals surface area contributed by atoms with Crippen LogP contribution in [0.3, 0.4) is 0 Å². The second-order valence-electron chi connectivity index (χ2n) is 6.03. The molecule has 0 aliphatic rings. The molecular formula is C20H13BrN6O2. The van der Waals surface area contributed by atoms with E-state index in [9.17, 15) is 4.79 Å². The van der Waals surface area contributed by atoms with Crippen LogP contribution in [-0.2, 0) is 6.54 Å². The molecule has 0 fully saturated rings. The normalized spacial score (nSPS) is 10.5. The van der Waals surface area contributed by atoms with E-state index in [1.54, 1.807) is 29.4 Å². The molecule has 142 valence electrons. The predicted octanol–water partition coefficient (Wildman–Crippen LogP) is 3.30. The molecule has 0 bridgehead atoms. The van der Waals surface area contributed by atoms with Gasteiger partial charge >= 0.3 is 0 Å². The molecular weight excluding hydrogens is 436 g/mol. The smallest absolute Gasteiger partial charge is 0.256 e. The highest BCUT2D eigenvalue weighted by Crippen LogP contribution is 2.23. The molecule has 0 saturated heterocycles. The van der Waals surface area contributed by atoms with Crippen LogP contribution in [0.4, 0.5) is 0 Å². The minimum atomic E-state index is -0.276. The minimum Gasteiger partial charge on any atom is -0.439 e. The monoisotopic (exact) mass is 448 g/mol. The van der Waals surface area contributed by atoms with Gasteiger partial charge in [-0.05, 0) is 35.9 Å². The van der Waals surface area contributed by atoms with E-state index >= 15 is 0 Å². The number of hydrogen-bond donors (Lipinski definition) is 0. The van der Waals surface area contributed by atoms with Crippen molar-refractivity contribution in [3.63, 3.8) is 0 Å². The van der Waals surface area contributed by atoms with E-state index in [0.717, 1.165) is 10.0 Å². The van der Waals surface area contributed by atoms with Crippen LogP contribution in [0.25, 0.3) is 5.82 Å². The summed E-state index contributed by atoms with van der Waals surface area (Å²) in [5, 5.41) is 8.95. The minimum absolute atomic E-state index is 0.145. The third-order valence-electron chi connectivity index (χ3n) is 4.03. The van der Waals surface area contributed by atoms with Crippen LogP contribution >= 0.6 is 15.9 Å². The molecule has 0 spiro atoms. The van der Waals surface area contributed by atoms with Crippen molar-refractivity contribution >= 4 is 15.9 Å². The molecule has 0 aliphatic carbocycles. The molecule has 4 rings (SSSR count). The van der Waals surface area contributed by atoms with E-state index in [2.05, 4.69) is 30.9 Å². The molecule has 9 heteroatoms. The van der Waals surface area contributed by atoms with E-state index in [0.29, 0.717) is 24.0 Å². The zero-order chi connectivity index (χ0) is 20.2. The van der Waals surface area contributed by atoms with Crippen LogP contribution in [0.1, 0.15) is 11.3 Å². The Balaban J connectivity index is 1.56. The summed E-state index contributed by atoms with van der Waals surface area (Å²) >= 11 is 3.39. The lowest BCUT2D eigenvalue weighted by molar-refractivity contribution is 0.436. The number of pyridine rings is 1. The summed E-state index contributed by atoms with van der Waals surface area (Å²) in [4.78, 5) is 24.7. The number of imidazole rings is 1. The van der Waals surface area contributed by atoms with Crippen molar-refractivity contribution in [3.05, 3.63) is 93.6 Å². The fraction of sp³-hybridized carbons (Fsp3) is 0.0500. The molecule has 8 nitrogen and oxygen atoms in total. The van der Waals surface area contributed by atoms with Crippen LogP contribution in [0.15, 0.2) is 76.8 Å². The van der Waals surface area contributed by atoms with E-state index < -0.39 is 0 Å². The van der Waals surface area contributed by atoms with Gasteiger partial charge in [0.2, 0.25) is 5.88 Å². The lowest BCUT2D eigenvalue weighted by Crippen LogP contribution is -2.19. The molecule has 0 N–H and O–H groups in total. The quantitative estimate of drug-likeness (QED) is 0.464. The lowest BCUT2D eigenvalue weighted by atomic mass is 10.2. The largest absolute Gasteiger partial charge is 0.439 e. The number of halogens is 1. The van der Waals surface area contributed by atoms with Crippen LogP contribution < -0.4 is 10.3 Å². The molecule has 0 atom stereocenters. The van der Waals surface area contributed by atoms with E-state index in [1.807, 2.05) is 30.3 Å². The number of nitriles is 1. The topological polar surface area (TPSA) is 98.6 Å². The first-order valence-electron chi connectivity index (χ1n) is 8.50. The molecule has 3 aromatic heterocycles. The number of aromatic nitrogens is 5. The molecule has 0 unspecified atom stereocenters. The fourth-order valence-corrected chi connectivity index (χ4v) is 2.93. The van der Waals surface area contributed by atoms with Crippen molar-refractivity contribution in [2.75, 3.05) is 0 Å². The van der Waals surface area contributed by atoms with E-state index in [-0.39, 0.29) is 11.3 Å². The summed E-state index contributed by atoms with van der Waals surface area (Å²) in [5.74, 6) is 1.54. The van der Waals surface area contributed by atoms with Crippen molar-refractivity contribution in [2.45, 2.75) is 6.54 Å². The second-order valence-corrected chi connectivity index (χ2v) is 6.95. The fourth-order valence-electron chi connectivity index (χ4n) is 2.67. The first-order chi connectivity index (χ1) is 14.1. The average Bonchev–Trinajstić information content (AvgIpc) is 3.16. The predicted molar refractivity (Wildman–Crippen MR) is 108 cm³/mol. The molecule has 0 aliphatic heterocycles. The SMILES string of the molecule is N#Cc1cncc(-n2ccc(Cn3cncc3Oc3ccc(Br)cc3)cc2=O)n1. The third-order valence-corrected chi connectivity index (χ3v) is 4.56. The van der Waals surface area contributed by atoms with Gasteiger partial charge in [-0.3, -0.25) is 18.9 Å². The van der Waals surface area contributed by atoms with Crippen molar-refractivity contribution in [1.29, 1.82) is 5.26 Å². The van der Waals surface area contributed by atoms with Gasteiger partial charge in [0.25, 0.3) is 5.56 Å². The summed E-state index contributed by atoms with van der Waals surface area (Å²) < 4.78 is 9.98.